The molecule has 8 atom stereocenters. The monoisotopic (exact) mass is 332 g/mol. The zero-order chi connectivity index (χ0) is 17.8. The number of fused-ring (bicyclic) bond motifs is 3. The third kappa shape index (κ3) is 1.50. The minimum absolute atomic E-state index is 0.0838. The van der Waals surface area contributed by atoms with Crippen LogP contribution >= 0.6 is 0 Å². The van der Waals surface area contributed by atoms with Crippen molar-refractivity contribution in [3.63, 3.8) is 0 Å². The number of Topliss-reactive ketones (excluding diaryl/α,β-unsaturated/α-hetero) is 1. The van der Waals surface area contributed by atoms with E-state index < -0.39 is 23.2 Å². The van der Waals surface area contributed by atoms with Gasteiger partial charge in [-0.2, -0.15) is 0 Å². The molecule has 0 heterocycles. The summed E-state index contributed by atoms with van der Waals surface area (Å²) in [6.07, 6.45) is 2.06. The van der Waals surface area contributed by atoms with Crippen molar-refractivity contribution in [1.82, 2.24) is 0 Å². The Morgan fingerprint density at radius 1 is 1.21 bits per heavy atom. The van der Waals surface area contributed by atoms with Gasteiger partial charge in [0.05, 0.1) is 11.5 Å². The average Bonchev–Trinajstić information content (AvgIpc) is 3.01. The van der Waals surface area contributed by atoms with Crippen molar-refractivity contribution in [3.05, 3.63) is 23.3 Å². The second-order valence-electron chi connectivity index (χ2n) is 9.28. The predicted molar refractivity (Wildman–Crippen MR) is 89.9 cm³/mol. The summed E-state index contributed by atoms with van der Waals surface area (Å²) in [5.74, 6) is -0.000263. The first kappa shape index (κ1) is 16.5. The lowest BCUT2D eigenvalue weighted by Gasteiger charge is -2.48. The molecule has 0 saturated heterocycles. The van der Waals surface area contributed by atoms with Gasteiger partial charge in [-0.15, -0.1) is 0 Å². The number of carbonyl (C=O) groups excluding carboxylic acids is 1. The lowest BCUT2D eigenvalue weighted by molar-refractivity contribution is -0.200. The molecule has 132 valence electrons. The lowest BCUT2D eigenvalue weighted by atomic mass is 9.59. The highest BCUT2D eigenvalue weighted by atomic mass is 16.4. The molecular weight excluding hydrogens is 304 g/mol. The molecule has 2 fully saturated rings. The van der Waals surface area contributed by atoms with Crippen LogP contribution in [-0.2, 0) is 4.79 Å². The molecule has 1 spiro atoms. The molecule has 4 aliphatic carbocycles. The van der Waals surface area contributed by atoms with Gasteiger partial charge in [0.25, 0.3) is 0 Å². The van der Waals surface area contributed by atoms with Crippen LogP contribution in [0.2, 0.25) is 0 Å². The van der Waals surface area contributed by atoms with E-state index in [0.29, 0.717) is 11.5 Å². The van der Waals surface area contributed by atoms with E-state index in [1.54, 1.807) is 13.0 Å². The molecule has 0 amide bonds. The van der Waals surface area contributed by atoms with Crippen LogP contribution in [0.3, 0.4) is 0 Å². The van der Waals surface area contributed by atoms with Crippen LogP contribution in [0.25, 0.3) is 0 Å². The number of aliphatic hydroxyl groups excluding tert-OH is 2. The van der Waals surface area contributed by atoms with Gasteiger partial charge in [0.1, 0.15) is 11.7 Å². The highest BCUT2D eigenvalue weighted by Gasteiger charge is 2.74. The van der Waals surface area contributed by atoms with E-state index >= 15 is 0 Å². The Morgan fingerprint density at radius 3 is 2.46 bits per heavy atom. The summed E-state index contributed by atoms with van der Waals surface area (Å²) in [7, 11) is 0. The first-order chi connectivity index (χ1) is 11.0. The molecule has 4 aliphatic rings. The van der Waals surface area contributed by atoms with Crippen molar-refractivity contribution in [3.8, 4) is 0 Å². The fourth-order valence-corrected chi connectivity index (χ4v) is 6.24. The molecule has 0 aliphatic heterocycles. The highest BCUT2D eigenvalue weighted by Crippen LogP contribution is 2.71. The summed E-state index contributed by atoms with van der Waals surface area (Å²) in [4.78, 5) is 13.7. The smallest absolute Gasteiger partial charge is 0.172 e. The third-order valence-corrected chi connectivity index (χ3v) is 7.77. The van der Waals surface area contributed by atoms with Gasteiger partial charge in [-0.1, -0.05) is 39.8 Å². The van der Waals surface area contributed by atoms with E-state index in [1.807, 2.05) is 19.9 Å². The van der Waals surface area contributed by atoms with Gasteiger partial charge in [-0.3, -0.25) is 4.79 Å². The van der Waals surface area contributed by atoms with Crippen molar-refractivity contribution in [2.24, 2.45) is 34.5 Å². The van der Waals surface area contributed by atoms with Crippen molar-refractivity contribution < 1.29 is 20.1 Å². The first-order valence-electron chi connectivity index (χ1n) is 9.05. The van der Waals surface area contributed by atoms with Gasteiger partial charge < -0.3 is 15.3 Å². The summed E-state index contributed by atoms with van der Waals surface area (Å²) < 4.78 is 0. The Bertz CT molecular complexity index is 690. The van der Waals surface area contributed by atoms with Crippen LogP contribution in [0.4, 0.5) is 0 Å². The van der Waals surface area contributed by atoms with Gasteiger partial charge in [0.2, 0.25) is 0 Å². The molecule has 0 radical (unpaired) electrons. The van der Waals surface area contributed by atoms with Crippen molar-refractivity contribution in [2.45, 2.75) is 58.8 Å². The third-order valence-electron chi connectivity index (χ3n) is 7.77. The molecule has 2 saturated carbocycles. The van der Waals surface area contributed by atoms with Crippen LogP contribution in [0, 0.1) is 34.5 Å². The fraction of sp³-hybridized carbons (Fsp3) is 0.750. The number of allylic oxidation sites excluding steroid dienone is 1. The number of rotatable bonds is 0. The summed E-state index contributed by atoms with van der Waals surface area (Å²) >= 11 is 0. The Morgan fingerprint density at radius 2 is 1.83 bits per heavy atom. The van der Waals surface area contributed by atoms with Crippen molar-refractivity contribution >= 4 is 5.78 Å². The molecule has 24 heavy (non-hydrogen) atoms. The summed E-state index contributed by atoms with van der Waals surface area (Å²) in [6, 6.07) is 0. The van der Waals surface area contributed by atoms with Gasteiger partial charge in [-0.05, 0) is 47.7 Å². The van der Waals surface area contributed by atoms with Crippen molar-refractivity contribution in [1.29, 1.82) is 0 Å². The molecule has 4 heteroatoms. The maximum absolute atomic E-state index is 13.7. The normalized spacial score (nSPS) is 54.9. The van der Waals surface area contributed by atoms with E-state index in [-0.39, 0.29) is 29.0 Å². The second-order valence-corrected chi connectivity index (χ2v) is 9.28. The average molecular weight is 332 g/mol. The second kappa shape index (κ2) is 4.40. The van der Waals surface area contributed by atoms with E-state index in [4.69, 9.17) is 0 Å². The first-order valence-corrected chi connectivity index (χ1v) is 9.05. The molecule has 0 aromatic carbocycles. The molecule has 1 unspecified atom stereocenters. The van der Waals surface area contributed by atoms with Gasteiger partial charge in [0, 0.05) is 5.92 Å². The lowest BCUT2D eigenvalue weighted by Crippen LogP contribution is -2.65. The Balaban J connectivity index is 2.00. The van der Waals surface area contributed by atoms with Crippen LogP contribution in [-0.4, -0.2) is 38.9 Å². The minimum Gasteiger partial charge on any atom is -0.389 e. The predicted octanol–water partition coefficient (Wildman–Crippen LogP) is 1.84. The standard InChI is InChI=1S/C20H28O4/c1-9-6-12-14-13(18(14,4)5)7-11(3)19(17(12)23)8-10(2)16(22)20(19,24)15(9)21/h6,8-9,11,13-16,21-22,24H,7H2,1-5H3/t9?,11-,13-,14+,15-,16+,19+,20+/m1/s1. The fourth-order valence-electron chi connectivity index (χ4n) is 6.24. The Kier molecular flexibility index (Phi) is 3.03. The maximum Gasteiger partial charge on any atom is 0.172 e. The number of hydrogen-bond acceptors (Lipinski definition) is 4. The van der Waals surface area contributed by atoms with Crippen LogP contribution in [0.5, 0.6) is 0 Å². The number of hydrogen-bond donors (Lipinski definition) is 3. The zero-order valence-electron chi connectivity index (χ0n) is 15.1. The summed E-state index contributed by atoms with van der Waals surface area (Å²) in [6.45, 7) is 9.95. The number of ketones is 1. The van der Waals surface area contributed by atoms with E-state index in [2.05, 4.69) is 13.8 Å². The summed E-state index contributed by atoms with van der Waals surface area (Å²) in [5.41, 5.74) is -1.65. The van der Waals surface area contributed by atoms with Gasteiger partial charge in [-0.25, -0.2) is 0 Å². The van der Waals surface area contributed by atoms with Crippen LogP contribution in [0.1, 0.15) is 41.0 Å². The highest BCUT2D eigenvalue weighted by molar-refractivity contribution is 6.05. The van der Waals surface area contributed by atoms with Gasteiger partial charge in [0.15, 0.2) is 5.78 Å². The molecule has 0 aromatic rings. The quantitative estimate of drug-likeness (QED) is 0.592. The number of aliphatic hydroxyl groups is 3. The van der Waals surface area contributed by atoms with E-state index in [9.17, 15) is 20.1 Å². The molecule has 2 bridgehead atoms. The largest absolute Gasteiger partial charge is 0.389 e. The Hall–Kier alpha value is -0.970. The molecule has 3 N–H and O–H groups in total. The molecule has 4 nitrogen and oxygen atoms in total. The molecule has 0 aromatic heterocycles. The Labute approximate surface area is 143 Å². The maximum atomic E-state index is 13.7. The van der Waals surface area contributed by atoms with E-state index in [0.717, 1.165) is 12.0 Å². The van der Waals surface area contributed by atoms with Gasteiger partial charge >= 0.3 is 0 Å². The molecule has 4 rings (SSSR count). The SMILES string of the molecule is CC1=C[C@]23C(=O)C(=CC(C)[C@@H](O)[C@]2(O)[C@H]1O)[C@H]1[C@@H](C[C@H]3C)C1(C)C. The van der Waals surface area contributed by atoms with Crippen molar-refractivity contribution in [2.75, 3.05) is 0 Å². The zero-order valence-corrected chi connectivity index (χ0v) is 15.1. The van der Waals surface area contributed by atoms with E-state index in [1.165, 1.54) is 0 Å². The molecular formula is C20H28O4. The topological polar surface area (TPSA) is 77.8 Å². The summed E-state index contributed by atoms with van der Waals surface area (Å²) in [5, 5.41) is 33.2. The van der Waals surface area contributed by atoms with Crippen LogP contribution in [0.15, 0.2) is 23.3 Å². The van der Waals surface area contributed by atoms with Crippen LogP contribution < -0.4 is 0 Å². The minimum atomic E-state index is -1.85. The number of carbonyl (C=O) groups is 1.